The number of aliphatic hydroxyl groups excluding tert-OH is 1. The number of Topliss-reactive ketones (excluding diaryl/α,β-unsaturated/α-hetero) is 1. The molecule has 1 fully saturated rings. The van der Waals surface area contributed by atoms with Crippen molar-refractivity contribution in [1.29, 1.82) is 0 Å². The third-order valence-corrected chi connectivity index (χ3v) is 5.35. The molecule has 1 heterocycles. The van der Waals surface area contributed by atoms with Gasteiger partial charge >= 0.3 is 11.9 Å². The number of ether oxygens (including phenoxy) is 1. The Balaban J connectivity index is 2.14. The van der Waals surface area contributed by atoms with E-state index in [0.29, 0.717) is 6.42 Å². The summed E-state index contributed by atoms with van der Waals surface area (Å²) < 4.78 is 5.40. The predicted octanol–water partition coefficient (Wildman–Crippen LogP) is 2.40. The quantitative estimate of drug-likeness (QED) is 0.564. The number of carboxylic acids is 1. The smallest absolute Gasteiger partial charge is 0.348 e. The maximum atomic E-state index is 12.5. The lowest BCUT2D eigenvalue weighted by atomic mass is 9.64. The summed E-state index contributed by atoms with van der Waals surface area (Å²) in [4.78, 5) is 36.8. The van der Waals surface area contributed by atoms with Crippen molar-refractivity contribution in [1.82, 2.24) is 0 Å². The molecule has 24 heavy (non-hydrogen) atoms. The van der Waals surface area contributed by atoms with Gasteiger partial charge in [-0.05, 0) is 11.8 Å². The van der Waals surface area contributed by atoms with Crippen molar-refractivity contribution in [2.24, 2.45) is 23.7 Å². The molecule has 0 aromatic heterocycles. The van der Waals surface area contributed by atoms with E-state index < -0.39 is 29.4 Å². The standard InChI is InChI=1S/C18H22O6/c1-9-3-4-13-12-7-11(19)5-10(2)6-14(20)15(12)16(21)24-18(13,8-9)17(22)23/h3-4,9-10,12-13,20H,5-8H2,1-2H3,(H,22,23)/b15-14-/t9-,10-,12-,13-,18+/m1/s1. The van der Waals surface area contributed by atoms with Crippen LogP contribution in [-0.4, -0.2) is 33.5 Å². The molecule has 0 spiro atoms. The summed E-state index contributed by atoms with van der Waals surface area (Å²) >= 11 is 0. The second-order valence-electron chi connectivity index (χ2n) is 7.40. The van der Waals surface area contributed by atoms with Crippen molar-refractivity contribution < 1.29 is 29.3 Å². The lowest BCUT2D eigenvalue weighted by molar-refractivity contribution is -0.193. The number of ketones is 1. The normalized spacial score (nSPS) is 42.4. The highest BCUT2D eigenvalue weighted by Crippen LogP contribution is 2.49. The van der Waals surface area contributed by atoms with Crippen molar-refractivity contribution >= 4 is 17.7 Å². The highest BCUT2D eigenvalue weighted by molar-refractivity contribution is 5.96. The Morgan fingerprint density at radius 3 is 2.58 bits per heavy atom. The zero-order valence-corrected chi connectivity index (χ0v) is 13.8. The predicted molar refractivity (Wildman–Crippen MR) is 84.0 cm³/mol. The van der Waals surface area contributed by atoms with Gasteiger partial charge in [0.05, 0.1) is 5.57 Å². The van der Waals surface area contributed by atoms with Gasteiger partial charge in [0.2, 0.25) is 5.60 Å². The van der Waals surface area contributed by atoms with Gasteiger partial charge in [-0.2, -0.15) is 0 Å². The Morgan fingerprint density at radius 2 is 1.92 bits per heavy atom. The van der Waals surface area contributed by atoms with E-state index >= 15 is 0 Å². The molecule has 6 heteroatoms. The zero-order chi connectivity index (χ0) is 17.6. The van der Waals surface area contributed by atoms with E-state index in [9.17, 15) is 24.6 Å². The van der Waals surface area contributed by atoms with Crippen molar-refractivity contribution in [3.8, 4) is 0 Å². The number of carboxylic acid groups (broad SMARTS) is 1. The highest BCUT2D eigenvalue weighted by Gasteiger charge is 2.59. The Hall–Kier alpha value is -2.11. The minimum absolute atomic E-state index is 0.0153. The molecule has 1 aliphatic heterocycles. The first kappa shape index (κ1) is 16.7. The van der Waals surface area contributed by atoms with Gasteiger partial charge in [-0.15, -0.1) is 0 Å². The number of allylic oxidation sites excluding steroid dienone is 2. The summed E-state index contributed by atoms with van der Waals surface area (Å²) in [5, 5.41) is 20.2. The summed E-state index contributed by atoms with van der Waals surface area (Å²) in [7, 11) is 0. The average molecular weight is 334 g/mol. The third-order valence-electron chi connectivity index (χ3n) is 5.35. The minimum Gasteiger partial charge on any atom is -0.512 e. The second-order valence-corrected chi connectivity index (χ2v) is 7.40. The number of hydrogen-bond donors (Lipinski definition) is 2. The van der Waals surface area contributed by atoms with Crippen molar-refractivity contribution in [3.05, 3.63) is 23.5 Å². The molecule has 0 aromatic carbocycles. The maximum absolute atomic E-state index is 12.5. The molecule has 6 nitrogen and oxygen atoms in total. The molecule has 5 atom stereocenters. The second kappa shape index (κ2) is 5.76. The monoisotopic (exact) mass is 334 g/mol. The van der Waals surface area contributed by atoms with Crippen LogP contribution in [0.25, 0.3) is 0 Å². The third kappa shape index (κ3) is 2.54. The largest absolute Gasteiger partial charge is 0.512 e. The van der Waals surface area contributed by atoms with Crippen LogP contribution in [0, 0.1) is 23.7 Å². The summed E-state index contributed by atoms with van der Waals surface area (Å²) in [5.74, 6) is -3.49. The van der Waals surface area contributed by atoms with Gasteiger partial charge in [-0.1, -0.05) is 26.0 Å². The molecule has 0 saturated carbocycles. The summed E-state index contributed by atoms with van der Waals surface area (Å²) in [6.07, 6.45) is 4.40. The first-order valence-corrected chi connectivity index (χ1v) is 8.33. The van der Waals surface area contributed by atoms with Gasteiger partial charge in [0.1, 0.15) is 11.5 Å². The number of aliphatic carboxylic acids is 1. The summed E-state index contributed by atoms with van der Waals surface area (Å²) in [6.45, 7) is 3.70. The van der Waals surface area contributed by atoms with Crippen LogP contribution in [0.15, 0.2) is 23.5 Å². The van der Waals surface area contributed by atoms with E-state index in [4.69, 9.17) is 4.74 Å². The van der Waals surface area contributed by atoms with Gasteiger partial charge in [0.25, 0.3) is 0 Å². The highest BCUT2D eigenvalue weighted by atomic mass is 16.6. The lowest BCUT2D eigenvalue weighted by Gasteiger charge is -2.47. The SMILES string of the molecule is C[C@@H]1CC(=O)C[C@H]2/C(=C(/O)C1)C(=O)O[C@@]1(C(=O)O)C[C@H](C)C=C[C@H]21. The van der Waals surface area contributed by atoms with E-state index in [1.165, 1.54) is 0 Å². The molecule has 1 saturated heterocycles. The van der Waals surface area contributed by atoms with E-state index in [1.807, 2.05) is 19.9 Å². The molecular weight excluding hydrogens is 312 g/mol. The molecule has 130 valence electrons. The maximum Gasteiger partial charge on any atom is 0.348 e. The Labute approximate surface area is 140 Å². The van der Waals surface area contributed by atoms with Crippen LogP contribution < -0.4 is 0 Å². The van der Waals surface area contributed by atoms with E-state index in [-0.39, 0.29) is 48.2 Å². The number of fused-ring (bicyclic) bond motifs is 3. The van der Waals surface area contributed by atoms with E-state index in [0.717, 1.165) is 0 Å². The van der Waals surface area contributed by atoms with Crippen LogP contribution >= 0.6 is 0 Å². The molecule has 0 aromatic rings. The number of aliphatic hydroxyl groups is 1. The van der Waals surface area contributed by atoms with Gasteiger partial charge in [-0.25, -0.2) is 9.59 Å². The van der Waals surface area contributed by atoms with Crippen LogP contribution in [0.2, 0.25) is 0 Å². The fourth-order valence-electron chi connectivity index (χ4n) is 4.33. The first-order valence-electron chi connectivity index (χ1n) is 8.33. The molecule has 2 N–H and O–H groups in total. The van der Waals surface area contributed by atoms with Gasteiger partial charge in [0, 0.05) is 37.5 Å². The van der Waals surface area contributed by atoms with Crippen LogP contribution in [0.5, 0.6) is 0 Å². The number of carbonyl (C=O) groups excluding carboxylic acids is 2. The van der Waals surface area contributed by atoms with Gasteiger partial charge in [0.15, 0.2) is 0 Å². The number of hydrogen-bond acceptors (Lipinski definition) is 5. The van der Waals surface area contributed by atoms with Crippen LogP contribution in [-0.2, 0) is 19.1 Å². The van der Waals surface area contributed by atoms with Gasteiger partial charge < -0.3 is 14.9 Å². The molecule has 2 aliphatic carbocycles. The minimum atomic E-state index is -1.66. The molecule has 3 rings (SSSR count). The van der Waals surface area contributed by atoms with Gasteiger partial charge in [-0.3, -0.25) is 4.79 Å². The van der Waals surface area contributed by atoms with Crippen molar-refractivity contribution in [3.63, 3.8) is 0 Å². The summed E-state index contributed by atoms with van der Waals surface area (Å²) in [6, 6.07) is 0. The van der Waals surface area contributed by atoms with Crippen LogP contribution in [0.3, 0.4) is 0 Å². The molecular formula is C18H22O6. The number of rotatable bonds is 1. The fraction of sp³-hybridized carbons (Fsp3) is 0.611. The number of esters is 1. The number of carbonyl (C=O) groups is 3. The van der Waals surface area contributed by atoms with Crippen molar-refractivity contribution in [2.75, 3.05) is 0 Å². The van der Waals surface area contributed by atoms with E-state index in [2.05, 4.69) is 0 Å². The average Bonchev–Trinajstić information content (AvgIpc) is 2.44. The Bertz CT molecular complexity index is 660. The Morgan fingerprint density at radius 1 is 1.21 bits per heavy atom. The van der Waals surface area contributed by atoms with Crippen LogP contribution in [0.1, 0.15) is 39.5 Å². The molecule has 0 amide bonds. The van der Waals surface area contributed by atoms with Crippen molar-refractivity contribution in [2.45, 2.75) is 45.1 Å². The molecule has 0 bridgehead atoms. The lowest BCUT2D eigenvalue weighted by Crippen LogP contribution is -2.58. The van der Waals surface area contributed by atoms with E-state index in [1.54, 1.807) is 6.08 Å². The summed E-state index contributed by atoms with van der Waals surface area (Å²) in [5.41, 5.74) is -1.58. The van der Waals surface area contributed by atoms with Crippen LogP contribution in [0.4, 0.5) is 0 Å². The topological polar surface area (TPSA) is 101 Å². The molecule has 3 aliphatic rings. The Kier molecular flexibility index (Phi) is 4.01. The molecule has 0 radical (unpaired) electrons. The molecule has 0 unspecified atom stereocenters. The first-order chi connectivity index (χ1) is 11.2. The fourth-order valence-corrected chi connectivity index (χ4v) is 4.33. The zero-order valence-electron chi connectivity index (χ0n) is 13.8.